The first-order valence-corrected chi connectivity index (χ1v) is 4.37. The summed E-state index contributed by atoms with van der Waals surface area (Å²) in [6.45, 7) is 1.06. The predicted octanol–water partition coefficient (Wildman–Crippen LogP) is 2.58. The Labute approximate surface area is 101 Å². The fourth-order valence-electron chi connectivity index (χ4n) is 0.926. The van der Waals surface area contributed by atoms with Crippen molar-refractivity contribution >= 4 is 18.4 Å². The van der Waals surface area contributed by atoms with Crippen LogP contribution < -0.4 is 5.73 Å². The van der Waals surface area contributed by atoms with Gasteiger partial charge in [0.15, 0.2) is 0 Å². The van der Waals surface area contributed by atoms with Gasteiger partial charge in [-0.2, -0.15) is 22.0 Å². The van der Waals surface area contributed by atoms with E-state index in [1.807, 2.05) is 0 Å². The van der Waals surface area contributed by atoms with Crippen molar-refractivity contribution in [1.29, 1.82) is 0 Å². The topological polar surface area (TPSA) is 63.3 Å². The van der Waals surface area contributed by atoms with Crippen LogP contribution in [0, 0.1) is 0 Å². The van der Waals surface area contributed by atoms with Crippen LogP contribution in [-0.4, -0.2) is 28.7 Å². The number of alkyl halides is 5. The Bertz CT molecular complexity index is 267. The van der Waals surface area contributed by atoms with Crippen LogP contribution >= 0.6 is 12.4 Å². The van der Waals surface area contributed by atoms with E-state index in [1.54, 1.807) is 0 Å². The first-order valence-electron chi connectivity index (χ1n) is 4.37. The van der Waals surface area contributed by atoms with Crippen molar-refractivity contribution in [2.45, 2.75) is 43.8 Å². The lowest BCUT2D eigenvalue weighted by Crippen LogP contribution is -2.45. The second-order valence-electron chi connectivity index (χ2n) is 3.78. The fraction of sp³-hybridized carbons (Fsp3) is 0.875. The third-order valence-corrected chi connectivity index (χ3v) is 2.09. The molecule has 0 aliphatic rings. The Balaban J connectivity index is 0. The molecule has 0 aliphatic heterocycles. The minimum Gasteiger partial charge on any atom is -0.480 e. The summed E-state index contributed by atoms with van der Waals surface area (Å²) in [5, 5.41) is 8.50. The predicted molar refractivity (Wildman–Crippen MR) is 52.3 cm³/mol. The molecule has 0 heterocycles. The standard InChI is InChI=1S/C8H12F5NO2.ClH/c1-6(14,5(15)16)3-2-4-7(9,10)8(11,12)13;/h2-4,14H2,1H3,(H,15,16);1H. The molecule has 0 aromatic heterocycles. The van der Waals surface area contributed by atoms with Crippen LogP contribution in [0.15, 0.2) is 0 Å². The first-order chi connectivity index (χ1) is 6.90. The van der Waals surface area contributed by atoms with Crippen LogP contribution in [-0.2, 0) is 4.79 Å². The van der Waals surface area contributed by atoms with Gasteiger partial charge in [0, 0.05) is 6.42 Å². The van der Waals surface area contributed by atoms with Gasteiger partial charge in [0.25, 0.3) is 0 Å². The summed E-state index contributed by atoms with van der Waals surface area (Å²) in [6.07, 6.45) is -8.14. The second-order valence-corrected chi connectivity index (χ2v) is 3.78. The highest BCUT2D eigenvalue weighted by molar-refractivity contribution is 5.85. The monoisotopic (exact) mass is 285 g/mol. The van der Waals surface area contributed by atoms with Gasteiger partial charge < -0.3 is 10.8 Å². The maximum Gasteiger partial charge on any atom is 0.453 e. The van der Waals surface area contributed by atoms with Crippen molar-refractivity contribution in [3.8, 4) is 0 Å². The molecule has 9 heteroatoms. The number of rotatable bonds is 5. The second kappa shape index (κ2) is 5.81. The third kappa shape index (κ3) is 5.49. The lowest BCUT2D eigenvalue weighted by molar-refractivity contribution is -0.284. The molecule has 104 valence electrons. The molecule has 0 aromatic carbocycles. The van der Waals surface area contributed by atoms with Gasteiger partial charge in [0.2, 0.25) is 0 Å². The molecule has 0 saturated heterocycles. The molecule has 0 amide bonds. The van der Waals surface area contributed by atoms with Gasteiger partial charge in [-0.3, -0.25) is 4.79 Å². The minimum absolute atomic E-state index is 0. The molecular weight excluding hydrogens is 273 g/mol. The summed E-state index contributed by atoms with van der Waals surface area (Å²) in [4.78, 5) is 10.4. The quantitative estimate of drug-likeness (QED) is 0.763. The minimum atomic E-state index is -5.61. The maximum absolute atomic E-state index is 12.4. The first kappa shape index (κ1) is 18.7. The van der Waals surface area contributed by atoms with E-state index in [0.29, 0.717) is 0 Å². The summed E-state index contributed by atoms with van der Waals surface area (Å²) in [5.41, 5.74) is 3.38. The molecular formula is C8H13ClF5NO2. The molecule has 0 bridgehead atoms. The number of hydrogen-bond acceptors (Lipinski definition) is 2. The molecule has 0 radical (unpaired) electrons. The molecule has 0 spiro atoms. The highest BCUT2D eigenvalue weighted by Crippen LogP contribution is 2.39. The van der Waals surface area contributed by atoms with E-state index in [4.69, 9.17) is 10.8 Å². The number of carbonyl (C=O) groups is 1. The summed E-state index contributed by atoms with van der Waals surface area (Å²) >= 11 is 0. The third-order valence-electron chi connectivity index (χ3n) is 2.09. The lowest BCUT2D eigenvalue weighted by atomic mass is 9.95. The molecule has 0 fully saturated rings. The van der Waals surface area contributed by atoms with Crippen molar-refractivity contribution in [3.63, 3.8) is 0 Å². The van der Waals surface area contributed by atoms with Gasteiger partial charge in [-0.15, -0.1) is 12.4 Å². The summed E-state index contributed by atoms with van der Waals surface area (Å²) in [6, 6.07) is 0. The van der Waals surface area contributed by atoms with Gasteiger partial charge in [-0.05, 0) is 19.8 Å². The highest BCUT2D eigenvalue weighted by Gasteiger charge is 2.56. The molecule has 0 aromatic rings. The van der Waals surface area contributed by atoms with E-state index >= 15 is 0 Å². The fourth-order valence-corrected chi connectivity index (χ4v) is 0.926. The normalized spacial score (nSPS) is 15.9. The van der Waals surface area contributed by atoms with E-state index in [2.05, 4.69) is 0 Å². The van der Waals surface area contributed by atoms with Gasteiger partial charge in [0.05, 0.1) is 0 Å². The molecule has 0 aliphatic carbocycles. The van der Waals surface area contributed by atoms with Crippen LogP contribution in [0.2, 0.25) is 0 Å². The highest BCUT2D eigenvalue weighted by atomic mass is 35.5. The van der Waals surface area contributed by atoms with Crippen LogP contribution in [0.4, 0.5) is 22.0 Å². The largest absolute Gasteiger partial charge is 0.480 e. The Morgan fingerprint density at radius 2 is 1.59 bits per heavy atom. The van der Waals surface area contributed by atoms with Gasteiger partial charge in [-0.25, -0.2) is 0 Å². The number of nitrogens with two attached hydrogens (primary N) is 1. The number of hydrogen-bond donors (Lipinski definition) is 2. The van der Waals surface area contributed by atoms with E-state index < -0.39 is 42.9 Å². The van der Waals surface area contributed by atoms with Crippen molar-refractivity contribution in [2.24, 2.45) is 5.73 Å². The van der Waals surface area contributed by atoms with Gasteiger partial charge in [0.1, 0.15) is 5.54 Å². The van der Waals surface area contributed by atoms with Crippen LogP contribution in [0.25, 0.3) is 0 Å². The smallest absolute Gasteiger partial charge is 0.453 e. The van der Waals surface area contributed by atoms with Crippen molar-refractivity contribution in [3.05, 3.63) is 0 Å². The zero-order chi connectivity index (χ0) is 13.2. The Kier molecular flexibility index (Phi) is 6.40. The summed E-state index contributed by atoms with van der Waals surface area (Å²) in [5.74, 6) is -6.25. The van der Waals surface area contributed by atoms with Crippen LogP contribution in [0.1, 0.15) is 26.2 Å². The molecule has 3 N–H and O–H groups in total. The molecule has 3 nitrogen and oxygen atoms in total. The van der Waals surface area contributed by atoms with Crippen LogP contribution in [0.3, 0.4) is 0 Å². The van der Waals surface area contributed by atoms with Gasteiger partial charge in [-0.1, -0.05) is 0 Å². The molecule has 0 saturated carbocycles. The number of halogens is 6. The van der Waals surface area contributed by atoms with E-state index in [9.17, 15) is 26.7 Å². The van der Waals surface area contributed by atoms with E-state index in [-0.39, 0.29) is 12.4 Å². The van der Waals surface area contributed by atoms with Crippen molar-refractivity contribution < 1.29 is 31.9 Å². The zero-order valence-corrected chi connectivity index (χ0v) is 9.67. The average Bonchev–Trinajstić information content (AvgIpc) is 2.00. The number of aliphatic carboxylic acids is 1. The Hall–Kier alpha value is -0.630. The molecule has 1 unspecified atom stereocenters. The Morgan fingerprint density at radius 1 is 1.18 bits per heavy atom. The summed E-state index contributed by atoms with van der Waals surface area (Å²) in [7, 11) is 0. The lowest BCUT2D eigenvalue weighted by Gasteiger charge is -2.22. The van der Waals surface area contributed by atoms with Crippen molar-refractivity contribution in [2.75, 3.05) is 0 Å². The Morgan fingerprint density at radius 3 is 1.88 bits per heavy atom. The van der Waals surface area contributed by atoms with Gasteiger partial charge >= 0.3 is 18.1 Å². The molecule has 1 atom stereocenters. The molecule has 0 rings (SSSR count). The molecule has 17 heavy (non-hydrogen) atoms. The van der Waals surface area contributed by atoms with Crippen molar-refractivity contribution in [1.82, 2.24) is 0 Å². The van der Waals surface area contributed by atoms with E-state index in [0.717, 1.165) is 6.92 Å². The SMILES string of the molecule is CC(N)(CCCC(F)(F)C(F)(F)F)C(=O)O.Cl. The van der Waals surface area contributed by atoms with Crippen LogP contribution in [0.5, 0.6) is 0 Å². The zero-order valence-electron chi connectivity index (χ0n) is 8.85. The number of carboxylic acid groups (broad SMARTS) is 1. The maximum atomic E-state index is 12.4. The average molecular weight is 286 g/mol. The summed E-state index contributed by atoms with van der Waals surface area (Å²) < 4.78 is 59.9. The van der Waals surface area contributed by atoms with E-state index in [1.165, 1.54) is 0 Å². The number of carboxylic acids is 1.